The fourth-order valence-corrected chi connectivity index (χ4v) is 3.29. The molecule has 5 nitrogen and oxygen atoms in total. The van der Waals surface area contributed by atoms with Crippen LogP contribution in [0.25, 0.3) is 0 Å². The second kappa shape index (κ2) is 9.34. The predicted molar refractivity (Wildman–Crippen MR) is 104 cm³/mol. The second-order valence-electron chi connectivity index (χ2n) is 6.94. The summed E-state index contributed by atoms with van der Waals surface area (Å²) in [5.74, 6) is 0. The van der Waals surface area contributed by atoms with Crippen molar-refractivity contribution in [3.8, 4) is 0 Å². The molecule has 0 unspecified atom stereocenters. The Bertz CT molecular complexity index is 669. The standard InChI is InChI=1S/C21H28N4O/c1-18(17-20-9-5-6-11-22-20)23-21(26)25-15-13-24(14-16-25)12-10-19-7-3-2-4-8-19/h2-9,11,18H,10,12-17H2,1H3,(H,23,26)/t18-/m1/s1. The van der Waals surface area contributed by atoms with Gasteiger partial charge in [-0.15, -0.1) is 0 Å². The van der Waals surface area contributed by atoms with Crippen LogP contribution in [0.1, 0.15) is 18.2 Å². The summed E-state index contributed by atoms with van der Waals surface area (Å²) in [6.07, 6.45) is 3.61. The van der Waals surface area contributed by atoms with E-state index in [2.05, 4.69) is 45.5 Å². The lowest BCUT2D eigenvalue weighted by atomic mass is 10.1. The van der Waals surface area contributed by atoms with Gasteiger partial charge in [0.25, 0.3) is 0 Å². The van der Waals surface area contributed by atoms with Crippen LogP contribution in [0, 0.1) is 0 Å². The third-order valence-corrected chi connectivity index (χ3v) is 4.83. The smallest absolute Gasteiger partial charge is 0.317 e. The number of rotatable bonds is 6. The van der Waals surface area contributed by atoms with Gasteiger partial charge in [0.15, 0.2) is 0 Å². The van der Waals surface area contributed by atoms with Gasteiger partial charge in [0.2, 0.25) is 0 Å². The van der Waals surface area contributed by atoms with E-state index in [-0.39, 0.29) is 12.1 Å². The normalized spacial score (nSPS) is 16.3. The zero-order chi connectivity index (χ0) is 18.2. The van der Waals surface area contributed by atoms with Crippen LogP contribution in [0.5, 0.6) is 0 Å². The maximum absolute atomic E-state index is 12.5. The molecule has 3 rings (SSSR count). The number of urea groups is 1. The first-order valence-electron chi connectivity index (χ1n) is 9.42. The van der Waals surface area contributed by atoms with E-state index in [9.17, 15) is 4.79 Å². The lowest BCUT2D eigenvalue weighted by molar-refractivity contribution is 0.138. The first kappa shape index (κ1) is 18.4. The summed E-state index contributed by atoms with van der Waals surface area (Å²) < 4.78 is 0. The third-order valence-electron chi connectivity index (χ3n) is 4.83. The Kier molecular flexibility index (Phi) is 6.61. The molecule has 1 N–H and O–H groups in total. The minimum Gasteiger partial charge on any atom is -0.335 e. The van der Waals surface area contributed by atoms with Gasteiger partial charge in [-0.1, -0.05) is 36.4 Å². The summed E-state index contributed by atoms with van der Waals surface area (Å²) in [7, 11) is 0. The Morgan fingerprint density at radius 3 is 2.50 bits per heavy atom. The second-order valence-corrected chi connectivity index (χ2v) is 6.94. The van der Waals surface area contributed by atoms with E-state index in [0.29, 0.717) is 0 Å². The molecule has 0 saturated carbocycles. The van der Waals surface area contributed by atoms with Crippen LogP contribution < -0.4 is 5.32 Å². The number of aromatic nitrogens is 1. The van der Waals surface area contributed by atoms with Crippen LogP contribution in [-0.4, -0.2) is 59.6 Å². The monoisotopic (exact) mass is 352 g/mol. The molecule has 1 saturated heterocycles. The van der Waals surface area contributed by atoms with E-state index in [0.717, 1.165) is 51.3 Å². The van der Waals surface area contributed by atoms with Crippen molar-refractivity contribution in [1.82, 2.24) is 20.1 Å². The zero-order valence-electron chi connectivity index (χ0n) is 15.5. The highest BCUT2D eigenvalue weighted by Gasteiger charge is 2.21. The number of benzene rings is 1. The maximum atomic E-state index is 12.5. The largest absolute Gasteiger partial charge is 0.335 e. The van der Waals surface area contributed by atoms with Gasteiger partial charge in [-0.2, -0.15) is 0 Å². The molecule has 0 bridgehead atoms. The van der Waals surface area contributed by atoms with Gasteiger partial charge in [0.05, 0.1) is 0 Å². The van der Waals surface area contributed by atoms with Gasteiger partial charge in [-0.25, -0.2) is 4.79 Å². The summed E-state index contributed by atoms with van der Waals surface area (Å²) in [5.41, 5.74) is 2.38. The van der Waals surface area contributed by atoms with Gasteiger partial charge < -0.3 is 10.2 Å². The Morgan fingerprint density at radius 2 is 1.81 bits per heavy atom. The first-order valence-corrected chi connectivity index (χ1v) is 9.42. The Balaban J connectivity index is 1.38. The highest BCUT2D eigenvalue weighted by molar-refractivity contribution is 5.74. The number of piperazine rings is 1. The lowest BCUT2D eigenvalue weighted by Crippen LogP contribution is -2.53. The van der Waals surface area contributed by atoms with Gasteiger partial charge in [-0.3, -0.25) is 9.88 Å². The molecule has 1 aliphatic heterocycles. The van der Waals surface area contributed by atoms with Crippen molar-refractivity contribution in [3.05, 3.63) is 66.0 Å². The molecule has 1 fully saturated rings. The molecule has 1 aliphatic rings. The highest BCUT2D eigenvalue weighted by atomic mass is 16.2. The van der Waals surface area contributed by atoms with Crippen molar-refractivity contribution in [2.24, 2.45) is 0 Å². The number of nitrogens with zero attached hydrogens (tertiary/aromatic N) is 3. The summed E-state index contributed by atoms with van der Waals surface area (Å²) in [6.45, 7) is 6.54. The molecule has 2 amide bonds. The first-order chi connectivity index (χ1) is 12.7. The van der Waals surface area contributed by atoms with Crippen LogP contribution in [0.2, 0.25) is 0 Å². The Morgan fingerprint density at radius 1 is 1.08 bits per heavy atom. The van der Waals surface area contributed by atoms with Gasteiger partial charge in [0.1, 0.15) is 0 Å². The number of nitrogens with one attached hydrogen (secondary N) is 1. The summed E-state index contributed by atoms with van der Waals surface area (Å²) in [5, 5.41) is 3.10. The average Bonchev–Trinajstić information content (AvgIpc) is 2.68. The lowest BCUT2D eigenvalue weighted by Gasteiger charge is -2.35. The quantitative estimate of drug-likeness (QED) is 0.869. The average molecular weight is 352 g/mol. The van der Waals surface area contributed by atoms with E-state index in [1.54, 1.807) is 6.20 Å². The Hall–Kier alpha value is -2.40. The molecule has 5 heteroatoms. The fourth-order valence-electron chi connectivity index (χ4n) is 3.29. The van der Waals surface area contributed by atoms with Gasteiger partial charge in [0, 0.05) is 57.1 Å². The topological polar surface area (TPSA) is 48.5 Å². The van der Waals surface area contributed by atoms with E-state index in [1.807, 2.05) is 30.0 Å². The molecule has 26 heavy (non-hydrogen) atoms. The maximum Gasteiger partial charge on any atom is 0.317 e. The molecule has 1 atom stereocenters. The van der Waals surface area contributed by atoms with Crippen molar-refractivity contribution < 1.29 is 4.79 Å². The Labute approximate surface area is 156 Å². The zero-order valence-corrected chi connectivity index (χ0v) is 15.5. The predicted octanol–water partition coefficient (Wildman–Crippen LogP) is 2.58. The summed E-state index contributed by atoms with van der Waals surface area (Å²) in [4.78, 5) is 21.1. The van der Waals surface area contributed by atoms with Crippen LogP contribution in [-0.2, 0) is 12.8 Å². The fraction of sp³-hybridized carbons (Fsp3) is 0.429. The number of amides is 2. The van der Waals surface area contributed by atoms with Crippen molar-refractivity contribution >= 4 is 6.03 Å². The number of carbonyl (C=O) groups excluding carboxylic acids is 1. The molecule has 0 radical (unpaired) electrons. The minimum absolute atomic E-state index is 0.0381. The number of hydrogen-bond donors (Lipinski definition) is 1. The SMILES string of the molecule is C[C@H](Cc1ccccn1)NC(=O)N1CCN(CCc2ccccc2)CC1. The van der Waals surface area contributed by atoms with Gasteiger partial charge >= 0.3 is 6.03 Å². The molecule has 1 aromatic heterocycles. The number of carbonyl (C=O) groups is 1. The molecule has 1 aromatic carbocycles. The van der Waals surface area contributed by atoms with Crippen molar-refractivity contribution in [2.75, 3.05) is 32.7 Å². The van der Waals surface area contributed by atoms with Gasteiger partial charge in [-0.05, 0) is 31.0 Å². The van der Waals surface area contributed by atoms with Crippen LogP contribution in [0.3, 0.4) is 0 Å². The molecule has 0 spiro atoms. The molecule has 0 aliphatic carbocycles. The van der Waals surface area contributed by atoms with E-state index >= 15 is 0 Å². The third kappa shape index (κ3) is 5.56. The number of hydrogen-bond acceptors (Lipinski definition) is 3. The van der Waals surface area contributed by atoms with Crippen LogP contribution in [0.4, 0.5) is 4.79 Å². The van der Waals surface area contributed by atoms with Crippen molar-refractivity contribution in [3.63, 3.8) is 0 Å². The minimum atomic E-state index is 0.0381. The van der Waals surface area contributed by atoms with Crippen molar-refractivity contribution in [1.29, 1.82) is 0 Å². The van der Waals surface area contributed by atoms with E-state index < -0.39 is 0 Å². The molecular formula is C21H28N4O. The number of pyridine rings is 1. The molecule has 2 aromatic rings. The van der Waals surface area contributed by atoms with E-state index in [4.69, 9.17) is 0 Å². The summed E-state index contributed by atoms with van der Waals surface area (Å²) >= 11 is 0. The van der Waals surface area contributed by atoms with Crippen LogP contribution >= 0.6 is 0 Å². The highest BCUT2D eigenvalue weighted by Crippen LogP contribution is 2.07. The summed E-state index contributed by atoms with van der Waals surface area (Å²) in [6, 6.07) is 16.6. The van der Waals surface area contributed by atoms with Crippen molar-refractivity contribution in [2.45, 2.75) is 25.8 Å². The molecule has 138 valence electrons. The molecular weight excluding hydrogens is 324 g/mol. The van der Waals surface area contributed by atoms with Crippen LogP contribution in [0.15, 0.2) is 54.7 Å². The van der Waals surface area contributed by atoms with E-state index in [1.165, 1.54) is 5.56 Å². The molecule has 2 heterocycles.